The van der Waals surface area contributed by atoms with Crippen LogP contribution in [-0.4, -0.2) is 49.3 Å². The van der Waals surface area contributed by atoms with Gasteiger partial charge in [0.05, 0.1) is 6.61 Å². The molecule has 1 fully saturated rings. The fourth-order valence-corrected chi connectivity index (χ4v) is 3.80. The zero-order valence-electron chi connectivity index (χ0n) is 13.2. The molecule has 1 aliphatic heterocycles. The van der Waals surface area contributed by atoms with Gasteiger partial charge in [0.2, 0.25) is 0 Å². The Morgan fingerprint density at radius 2 is 2.14 bits per heavy atom. The Morgan fingerprint density at radius 1 is 1.36 bits per heavy atom. The molecule has 2 aliphatic rings. The van der Waals surface area contributed by atoms with Crippen LogP contribution in [-0.2, 0) is 34.5 Å². The first-order valence-electron chi connectivity index (χ1n) is 7.68. The fourth-order valence-electron chi connectivity index (χ4n) is 2.71. The molecule has 1 saturated carbocycles. The lowest BCUT2D eigenvalue weighted by Gasteiger charge is -2.30. The number of fused-ring (bicyclic) bond motifs is 1. The zero-order valence-corrected chi connectivity index (χ0v) is 14.0. The Bertz CT molecular complexity index is 641. The van der Waals surface area contributed by atoms with E-state index in [1.54, 1.807) is 20.3 Å². The normalized spacial score (nSPS) is 19.4. The van der Waals surface area contributed by atoms with Crippen LogP contribution in [0.1, 0.15) is 29.5 Å². The number of aromatic nitrogens is 1. The van der Waals surface area contributed by atoms with Crippen LogP contribution >= 0.6 is 0 Å². The summed E-state index contributed by atoms with van der Waals surface area (Å²) in [5.41, 5.74) is 3.29. The van der Waals surface area contributed by atoms with E-state index < -0.39 is 10.2 Å². The molecule has 2 heterocycles. The van der Waals surface area contributed by atoms with Gasteiger partial charge >= 0.3 is 0 Å². The van der Waals surface area contributed by atoms with Crippen molar-refractivity contribution in [2.45, 2.75) is 32.4 Å². The highest BCUT2D eigenvalue weighted by Crippen LogP contribution is 2.30. The van der Waals surface area contributed by atoms with Crippen molar-refractivity contribution in [2.24, 2.45) is 5.92 Å². The molecule has 0 unspecified atom stereocenters. The van der Waals surface area contributed by atoms with Gasteiger partial charge in [-0.05, 0) is 41.9 Å². The summed E-state index contributed by atoms with van der Waals surface area (Å²) in [5, 5.41) is 0. The van der Waals surface area contributed by atoms with E-state index >= 15 is 0 Å². The maximum atomic E-state index is 12.2. The number of hydrogen-bond acceptors (Lipinski definition) is 4. The third-order valence-corrected chi connectivity index (χ3v) is 6.18. The summed E-state index contributed by atoms with van der Waals surface area (Å²) in [6.07, 6.45) is 6.90. The highest BCUT2D eigenvalue weighted by molar-refractivity contribution is 7.86. The van der Waals surface area contributed by atoms with Crippen molar-refractivity contribution in [1.29, 1.82) is 0 Å². The predicted octanol–water partition coefficient (Wildman–Crippen LogP) is 1.17. The van der Waals surface area contributed by atoms with Crippen molar-refractivity contribution in [3.8, 4) is 0 Å². The number of ether oxygens (including phenoxy) is 1. The Labute approximate surface area is 132 Å². The molecule has 0 radical (unpaired) electrons. The smallest absolute Gasteiger partial charge is 0.281 e. The average molecular weight is 325 g/mol. The minimum atomic E-state index is -3.37. The highest BCUT2D eigenvalue weighted by Gasteiger charge is 2.29. The molecule has 3 rings (SSSR count). The van der Waals surface area contributed by atoms with Crippen LogP contribution in [0.5, 0.6) is 0 Å². The second kappa shape index (κ2) is 6.23. The SMILES string of the molecule is CN(C)S(=O)(=O)N1CCc2c(COCC3CC3)cncc2C1. The largest absolute Gasteiger partial charge is 0.376 e. The van der Waals surface area contributed by atoms with Gasteiger partial charge in [-0.15, -0.1) is 0 Å². The molecule has 0 amide bonds. The standard InChI is InChI=1S/C15H23N3O3S/c1-17(2)22(19,20)18-6-5-15-13(9-18)7-16-8-14(15)11-21-10-12-3-4-12/h7-8,12H,3-6,9-11H2,1-2H3. The van der Waals surface area contributed by atoms with Gasteiger partial charge in [-0.2, -0.15) is 17.0 Å². The molecular weight excluding hydrogens is 302 g/mol. The van der Waals surface area contributed by atoms with Crippen LogP contribution in [0.4, 0.5) is 0 Å². The Hall–Kier alpha value is -1.02. The van der Waals surface area contributed by atoms with Crippen molar-refractivity contribution in [1.82, 2.24) is 13.6 Å². The van der Waals surface area contributed by atoms with Crippen LogP contribution in [0.15, 0.2) is 12.4 Å². The van der Waals surface area contributed by atoms with E-state index in [0.29, 0.717) is 26.1 Å². The third-order valence-electron chi connectivity index (χ3n) is 4.29. The first-order chi connectivity index (χ1) is 10.5. The topological polar surface area (TPSA) is 62.7 Å². The summed E-state index contributed by atoms with van der Waals surface area (Å²) in [6, 6.07) is 0. The summed E-state index contributed by atoms with van der Waals surface area (Å²) in [7, 11) is -0.246. The third kappa shape index (κ3) is 3.32. The molecule has 0 saturated heterocycles. The number of rotatable bonds is 6. The molecule has 0 spiro atoms. The Morgan fingerprint density at radius 3 is 2.82 bits per heavy atom. The summed E-state index contributed by atoms with van der Waals surface area (Å²) in [4.78, 5) is 4.26. The molecule has 0 N–H and O–H groups in total. The summed E-state index contributed by atoms with van der Waals surface area (Å²) in [5.74, 6) is 0.744. The van der Waals surface area contributed by atoms with Gasteiger partial charge in [0.25, 0.3) is 10.2 Å². The van der Waals surface area contributed by atoms with Gasteiger partial charge < -0.3 is 4.74 Å². The molecule has 0 bridgehead atoms. The van der Waals surface area contributed by atoms with Crippen molar-refractivity contribution in [2.75, 3.05) is 27.2 Å². The van der Waals surface area contributed by atoms with Crippen molar-refractivity contribution in [3.05, 3.63) is 29.1 Å². The van der Waals surface area contributed by atoms with Gasteiger partial charge in [0.1, 0.15) is 0 Å². The van der Waals surface area contributed by atoms with Crippen LogP contribution in [0.3, 0.4) is 0 Å². The Kier molecular flexibility index (Phi) is 4.49. The lowest BCUT2D eigenvalue weighted by Crippen LogP contribution is -2.43. The molecule has 0 atom stereocenters. The summed E-state index contributed by atoms with van der Waals surface area (Å²) < 4.78 is 33.0. The molecular formula is C15H23N3O3S. The van der Waals surface area contributed by atoms with Gasteiger partial charge in [-0.1, -0.05) is 0 Å². The second-order valence-electron chi connectivity index (χ2n) is 6.27. The first kappa shape index (κ1) is 15.9. The average Bonchev–Trinajstić information content (AvgIpc) is 3.31. The van der Waals surface area contributed by atoms with E-state index in [0.717, 1.165) is 23.7 Å². The van der Waals surface area contributed by atoms with E-state index in [9.17, 15) is 8.42 Å². The lowest BCUT2D eigenvalue weighted by molar-refractivity contribution is 0.110. The molecule has 6 nitrogen and oxygen atoms in total. The van der Waals surface area contributed by atoms with Crippen LogP contribution in [0.2, 0.25) is 0 Å². The molecule has 0 aromatic carbocycles. The second-order valence-corrected chi connectivity index (χ2v) is 8.41. The fraction of sp³-hybridized carbons (Fsp3) is 0.667. The highest BCUT2D eigenvalue weighted by atomic mass is 32.2. The van der Waals surface area contributed by atoms with Crippen molar-refractivity contribution < 1.29 is 13.2 Å². The molecule has 1 aromatic rings. The monoisotopic (exact) mass is 325 g/mol. The zero-order chi connectivity index (χ0) is 15.7. The van der Waals surface area contributed by atoms with Gasteiger partial charge in [-0.3, -0.25) is 4.98 Å². The molecule has 7 heteroatoms. The summed E-state index contributed by atoms with van der Waals surface area (Å²) >= 11 is 0. The number of hydrogen-bond donors (Lipinski definition) is 0. The maximum absolute atomic E-state index is 12.2. The van der Waals surface area contributed by atoms with E-state index in [1.165, 1.54) is 27.0 Å². The Balaban J connectivity index is 1.72. The molecule has 1 aromatic heterocycles. The lowest BCUT2D eigenvalue weighted by atomic mass is 9.99. The predicted molar refractivity (Wildman–Crippen MR) is 83.3 cm³/mol. The molecule has 22 heavy (non-hydrogen) atoms. The minimum absolute atomic E-state index is 0.388. The minimum Gasteiger partial charge on any atom is -0.376 e. The van der Waals surface area contributed by atoms with Gasteiger partial charge in [-0.25, -0.2) is 0 Å². The van der Waals surface area contributed by atoms with Crippen molar-refractivity contribution >= 4 is 10.2 Å². The number of nitrogens with zero attached hydrogens (tertiary/aromatic N) is 3. The number of pyridine rings is 1. The van der Waals surface area contributed by atoms with Gasteiger partial charge in [0.15, 0.2) is 0 Å². The first-order valence-corrected chi connectivity index (χ1v) is 9.08. The van der Waals surface area contributed by atoms with Crippen LogP contribution in [0.25, 0.3) is 0 Å². The summed E-state index contributed by atoms with van der Waals surface area (Å²) in [6.45, 7) is 2.30. The van der Waals surface area contributed by atoms with Gasteiger partial charge in [0, 0.05) is 46.2 Å². The molecule has 122 valence electrons. The van der Waals surface area contributed by atoms with E-state index in [2.05, 4.69) is 4.98 Å². The van der Waals surface area contributed by atoms with Crippen LogP contribution in [0, 0.1) is 5.92 Å². The molecule has 1 aliphatic carbocycles. The quantitative estimate of drug-likeness (QED) is 0.788. The van der Waals surface area contributed by atoms with E-state index in [4.69, 9.17) is 4.74 Å². The van der Waals surface area contributed by atoms with E-state index in [1.807, 2.05) is 6.20 Å². The van der Waals surface area contributed by atoms with Crippen LogP contribution < -0.4 is 0 Å². The van der Waals surface area contributed by atoms with Crippen molar-refractivity contribution in [3.63, 3.8) is 0 Å². The maximum Gasteiger partial charge on any atom is 0.281 e. The van der Waals surface area contributed by atoms with E-state index in [-0.39, 0.29) is 0 Å².